The van der Waals surface area contributed by atoms with Crippen LogP contribution in [0.3, 0.4) is 0 Å². The maximum absolute atomic E-state index is 12.0. The third-order valence-electron chi connectivity index (χ3n) is 3.12. The van der Waals surface area contributed by atoms with Crippen molar-refractivity contribution in [3.63, 3.8) is 0 Å². The van der Waals surface area contributed by atoms with Gasteiger partial charge in [0.1, 0.15) is 0 Å². The minimum Gasteiger partial charge on any atom is -0.341 e. The van der Waals surface area contributed by atoms with Crippen molar-refractivity contribution in [2.45, 2.75) is 44.6 Å². The summed E-state index contributed by atoms with van der Waals surface area (Å²) in [6, 6.07) is 6.49. The van der Waals surface area contributed by atoms with Crippen molar-refractivity contribution in [1.29, 1.82) is 0 Å². The zero-order valence-electron chi connectivity index (χ0n) is 12.0. The number of carbonyl (C=O) groups is 1. The first kappa shape index (κ1) is 17.0. The SMILES string of the molecule is CCN(C(=O)CCc1ccc(S(=O)(=O)Cl)cc1)C(C)C. The van der Waals surface area contributed by atoms with E-state index in [-0.39, 0.29) is 16.8 Å². The number of rotatable bonds is 6. The molecule has 1 rings (SSSR count). The Balaban J connectivity index is 2.65. The van der Waals surface area contributed by atoms with Crippen LogP contribution in [0.15, 0.2) is 29.2 Å². The highest BCUT2D eigenvalue weighted by Gasteiger charge is 2.15. The Kier molecular flexibility index (Phi) is 6.02. The lowest BCUT2D eigenvalue weighted by Gasteiger charge is -2.25. The lowest BCUT2D eigenvalue weighted by molar-refractivity contribution is -0.132. The van der Waals surface area contributed by atoms with Gasteiger partial charge in [0.2, 0.25) is 5.91 Å². The van der Waals surface area contributed by atoms with E-state index in [4.69, 9.17) is 10.7 Å². The summed E-state index contributed by atoms with van der Waals surface area (Å²) in [5, 5.41) is 0. The van der Waals surface area contributed by atoms with Crippen molar-refractivity contribution in [3.05, 3.63) is 29.8 Å². The molecule has 1 aromatic rings. The second-order valence-corrected chi connectivity index (χ2v) is 7.42. The minimum atomic E-state index is -3.68. The number of benzene rings is 1. The van der Waals surface area contributed by atoms with E-state index in [1.807, 2.05) is 25.7 Å². The molecule has 0 aromatic heterocycles. The van der Waals surface area contributed by atoms with E-state index in [0.29, 0.717) is 19.4 Å². The molecular formula is C14H20ClNO3S. The minimum absolute atomic E-state index is 0.0756. The molecular weight excluding hydrogens is 298 g/mol. The van der Waals surface area contributed by atoms with E-state index in [1.54, 1.807) is 12.1 Å². The molecule has 0 atom stereocenters. The van der Waals surface area contributed by atoms with Crippen LogP contribution in [-0.4, -0.2) is 31.8 Å². The van der Waals surface area contributed by atoms with E-state index in [9.17, 15) is 13.2 Å². The molecule has 6 heteroatoms. The first-order chi connectivity index (χ1) is 9.25. The van der Waals surface area contributed by atoms with Gasteiger partial charge in [-0.1, -0.05) is 12.1 Å². The number of hydrogen-bond donors (Lipinski definition) is 0. The number of halogens is 1. The molecule has 0 radical (unpaired) electrons. The zero-order valence-corrected chi connectivity index (χ0v) is 13.5. The highest BCUT2D eigenvalue weighted by atomic mass is 35.7. The molecule has 0 fully saturated rings. The average Bonchev–Trinajstić information content (AvgIpc) is 2.36. The topological polar surface area (TPSA) is 54.5 Å². The maximum atomic E-state index is 12.0. The molecule has 1 aromatic carbocycles. The predicted octanol–water partition coefficient (Wildman–Crippen LogP) is 2.80. The standard InChI is InChI=1S/C14H20ClNO3S/c1-4-16(11(2)3)14(17)10-7-12-5-8-13(9-6-12)20(15,18)19/h5-6,8-9,11H,4,7,10H2,1-3H3. The molecule has 0 aliphatic heterocycles. The van der Waals surface area contributed by atoms with Crippen molar-refractivity contribution in [2.24, 2.45) is 0 Å². The van der Waals surface area contributed by atoms with Gasteiger partial charge in [0.25, 0.3) is 9.05 Å². The molecule has 20 heavy (non-hydrogen) atoms. The summed E-state index contributed by atoms with van der Waals surface area (Å²) in [5.41, 5.74) is 0.919. The van der Waals surface area contributed by atoms with E-state index < -0.39 is 9.05 Å². The Hall–Kier alpha value is -1.07. The summed E-state index contributed by atoms with van der Waals surface area (Å²) in [4.78, 5) is 13.9. The van der Waals surface area contributed by atoms with Crippen molar-refractivity contribution < 1.29 is 13.2 Å². The van der Waals surface area contributed by atoms with Gasteiger partial charge in [0, 0.05) is 29.7 Å². The summed E-state index contributed by atoms with van der Waals surface area (Å²) in [5.74, 6) is 0.108. The molecule has 0 heterocycles. The Morgan fingerprint density at radius 2 is 1.80 bits per heavy atom. The van der Waals surface area contributed by atoms with Gasteiger partial charge in [0.15, 0.2) is 0 Å². The summed E-state index contributed by atoms with van der Waals surface area (Å²) in [7, 11) is 1.56. The molecule has 0 unspecified atom stereocenters. The predicted molar refractivity (Wildman–Crippen MR) is 80.3 cm³/mol. The average molecular weight is 318 g/mol. The number of nitrogens with zero attached hydrogens (tertiary/aromatic N) is 1. The number of aryl methyl sites for hydroxylation is 1. The Bertz CT molecular complexity index is 552. The fraction of sp³-hybridized carbons (Fsp3) is 0.500. The Morgan fingerprint density at radius 3 is 2.20 bits per heavy atom. The van der Waals surface area contributed by atoms with Gasteiger partial charge in [-0.2, -0.15) is 0 Å². The van der Waals surface area contributed by atoms with Crippen LogP contribution in [0.4, 0.5) is 0 Å². The third kappa shape index (κ3) is 4.80. The Morgan fingerprint density at radius 1 is 1.25 bits per heavy atom. The molecule has 1 amide bonds. The van der Waals surface area contributed by atoms with E-state index in [1.165, 1.54) is 12.1 Å². The fourth-order valence-corrected chi connectivity index (χ4v) is 2.81. The van der Waals surface area contributed by atoms with Crippen molar-refractivity contribution in [1.82, 2.24) is 4.90 Å². The molecule has 0 spiro atoms. The zero-order chi connectivity index (χ0) is 15.3. The summed E-state index contributed by atoms with van der Waals surface area (Å²) in [6.07, 6.45) is 1.00. The highest BCUT2D eigenvalue weighted by molar-refractivity contribution is 8.13. The second kappa shape index (κ2) is 7.09. The summed E-state index contributed by atoms with van der Waals surface area (Å²) >= 11 is 0. The first-order valence-corrected chi connectivity index (χ1v) is 8.89. The molecule has 0 bridgehead atoms. The lowest BCUT2D eigenvalue weighted by atomic mass is 10.1. The van der Waals surface area contributed by atoms with Crippen molar-refractivity contribution in [3.8, 4) is 0 Å². The van der Waals surface area contributed by atoms with Gasteiger partial charge in [0.05, 0.1) is 4.90 Å². The van der Waals surface area contributed by atoms with Crippen LogP contribution in [0.25, 0.3) is 0 Å². The van der Waals surface area contributed by atoms with Crippen LogP contribution in [0.1, 0.15) is 32.8 Å². The number of hydrogen-bond acceptors (Lipinski definition) is 3. The van der Waals surface area contributed by atoms with Gasteiger partial charge in [-0.25, -0.2) is 8.42 Å². The van der Waals surface area contributed by atoms with Crippen molar-refractivity contribution in [2.75, 3.05) is 6.54 Å². The monoisotopic (exact) mass is 317 g/mol. The molecule has 0 aliphatic rings. The van der Waals surface area contributed by atoms with Crippen LogP contribution in [-0.2, 0) is 20.3 Å². The number of carbonyl (C=O) groups excluding carboxylic acids is 1. The normalized spacial score (nSPS) is 11.7. The van der Waals surface area contributed by atoms with Gasteiger partial charge in [-0.05, 0) is 44.9 Å². The first-order valence-electron chi connectivity index (χ1n) is 6.58. The van der Waals surface area contributed by atoms with Crippen molar-refractivity contribution >= 4 is 25.6 Å². The molecule has 0 saturated carbocycles. The largest absolute Gasteiger partial charge is 0.341 e. The van der Waals surface area contributed by atoms with Gasteiger partial charge < -0.3 is 4.90 Å². The molecule has 0 N–H and O–H groups in total. The highest BCUT2D eigenvalue weighted by Crippen LogP contribution is 2.16. The second-order valence-electron chi connectivity index (χ2n) is 4.86. The Labute approximate surface area is 125 Å². The third-order valence-corrected chi connectivity index (χ3v) is 4.49. The summed E-state index contributed by atoms with van der Waals surface area (Å²) in [6.45, 7) is 6.63. The smallest absolute Gasteiger partial charge is 0.261 e. The molecule has 4 nitrogen and oxygen atoms in total. The maximum Gasteiger partial charge on any atom is 0.261 e. The van der Waals surface area contributed by atoms with Crippen LogP contribution in [0.5, 0.6) is 0 Å². The molecule has 112 valence electrons. The van der Waals surface area contributed by atoms with Crippen LogP contribution in [0.2, 0.25) is 0 Å². The van der Waals surface area contributed by atoms with Crippen LogP contribution >= 0.6 is 10.7 Å². The lowest BCUT2D eigenvalue weighted by Crippen LogP contribution is -2.36. The van der Waals surface area contributed by atoms with Crippen LogP contribution < -0.4 is 0 Å². The number of amides is 1. The molecule has 0 saturated heterocycles. The summed E-state index contributed by atoms with van der Waals surface area (Å²) < 4.78 is 22.2. The van der Waals surface area contributed by atoms with Gasteiger partial charge in [-0.15, -0.1) is 0 Å². The van der Waals surface area contributed by atoms with Gasteiger partial charge >= 0.3 is 0 Å². The van der Waals surface area contributed by atoms with E-state index >= 15 is 0 Å². The van der Waals surface area contributed by atoms with Crippen LogP contribution in [0, 0.1) is 0 Å². The van der Waals surface area contributed by atoms with E-state index in [2.05, 4.69) is 0 Å². The van der Waals surface area contributed by atoms with E-state index in [0.717, 1.165) is 5.56 Å². The van der Waals surface area contributed by atoms with Gasteiger partial charge in [-0.3, -0.25) is 4.79 Å². The fourth-order valence-electron chi connectivity index (χ4n) is 2.04. The molecule has 0 aliphatic carbocycles. The quantitative estimate of drug-likeness (QED) is 0.758.